The minimum Gasteiger partial charge on any atom is -0.465 e. The third-order valence-electron chi connectivity index (χ3n) is 3.55. The van der Waals surface area contributed by atoms with E-state index >= 15 is 0 Å². The molecule has 0 saturated carbocycles. The number of fused-ring (bicyclic) bond motifs is 1. The van der Waals surface area contributed by atoms with Crippen molar-refractivity contribution >= 4 is 27.5 Å². The summed E-state index contributed by atoms with van der Waals surface area (Å²) in [5.74, 6) is -1.14. The fourth-order valence-electron chi connectivity index (χ4n) is 2.48. The first-order chi connectivity index (χ1) is 11.9. The summed E-state index contributed by atoms with van der Waals surface area (Å²) in [6.07, 6.45) is -1.68. The molecule has 3 rings (SSSR count). The molecule has 10 heteroatoms. The number of carboxylic acid groups (broad SMARTS) is 1. The molecule has 6 nitrogen and oxygen atoms in total. The van der Waals surface area contributed by atoms with Crippen LogP contribution in [0.3, 0.4) is 0 Å². The third-order valence-corrected chi connectivity index (χ3v) is 3.98. The first-order valence-corrected chi connectivity index (χ1v) is 7.73. The highest BCUT2D eigenvalue weighted by Crippen LogP contribution is 2.34. The van der Waals surface area contributed by atoms with Crippen molar-refractivity contribution in [1.82, 2.24) is 19.9 Å². The molecule has 0 spiro atoms. The Morgan fingerprint density at radius 2 is 2.16 bits per heavy atom. The molecular weight excluding hydrogens is 405 g/mol. The summed E-state index contributed by atoms with van der Waals surface area (Å²) in [5, 5.41) is 14.5. The Labute approximate surface area is 147 Å². The van der Waals surface area contributed by atoms with Gasteiger partial charge in [0.15, 0.2) is 0 Å². The van der Waals surface area contributed by atoms with E-state index in [9.17, 15) is 18.0 Å². The Morgan fingerprint density at radius 3 is 2.84 bits per heavy atom. The Bertz CT molecular complexity index is 961. The summed E-state index contributed by atoms with van der Waals surface area (Å²) in [4.78, 5) is 14.6. The lowest BCUT2D eigenvalue weighted by molar-refractivity contribution is 0.144. The lowest BCUT2D eigenvalue weighted by atomic mass is 10.0. The largest absolute Gasteiger partial charge is 0.465 e. The lowest BCUT2D eigenvalue weighted by Gasteiger charge is -2.13. The third kappa shape index (κ3) is 3.29. The van der Waals surface area contributed by atoms with E-state index in [1.165, 1.54) is 23.0 Å². The number of hydrogen-bond donors (Lipinski definition) is 2. The van der Waals surface area contributed by atoms with E-state index in [1.54, 1.807) is 12.3 Å². The second kappa shape index (κ2) is 6.71. The van der Waals surface area contributed by atoms with Crippen molar-refractivity contribution in [2.75, 3.05) is 0 Å². The molecule has 0 fully saturated rings. The topological polar surface area (TPSA) is 79.5 Å². The van der Waals surface area contributed by atoms with Crippen molar-refractivity contribution < 1.29 is 23.1 Å². The van der Waals surface area contributed by atoms with Crippen molar-refractivity contribution in [3.8, 4) is 11.3 Å². The predicted octanol–water partition coefficient (Wildman–Crippen LogP) is 4.00. The van der Waals surface area contributed by atoms with Crippen LogP contribution < -0.4 is 5.32 Å². The quantitative estimate of drug-likeness (QED) is 0.675. The van der Waals surface area contributed by atoms with Crippen LogP contribution in [-0.4, -0.2) is 25.8 Å². The number of hydrogen-bond acceptors (Lipinski definition) is 3. The van der Waals surface area contributed by atoms with Gasteiger partial charge in [-0.3, -0.25) is 0 Å². The fourth-order valence-corrected chi connectivity index (χ4v) is 2.89. The summed E-state index contributed by atoms with van der Waals surface area (Å²) in [6, 6.07) is 4.19. The summed E-state index contributed by atoms with van der Waals surface area (Å²) < 4.78 is 43.6. The second-order valence-corrected chi connectivity index (χ2v) is 5.97. The zero-order valence-electron chi connectivity index (χ0n) is 12.4. The summed E-state index contributed by atoms with van der Waals surface area (Å²) in [5.41, 5.74) is -0.524. The molecule has 0 saturated heterocycles. The number of amides is 1. The standard InChI is InChI=1S/C15H10BrF3N4O2/c16-8-3-10-13(21-6-22-23(10)5-8)9-2-1-7(4-20-15(24)25)11(12(9)17)14(18)19/h1-3,5-6,14,20H,4H2,(H,24,25). The van der Waals surface area contributed by atoms with Gasteiger partial charge >= 0.3 is 6.09 Å². The second-order valence-electron chi connectivity index (χ2n) is 5.06. The van der Waals surface area contributed by atoms with Crippen LogP contribution in [0, 0.1) is 5.82 Å². The number of rotatable bonds is 4. The van der Waals surface area contributed by atoms with Gasteiger partial charge in [-0.05, 0) is 33.6 Å². The molecule has 0 radical (unpaired) electrons. The van der Waals surface area contributed by atoms with Crippen LogP contribution in [-0.2, 0) is 6.54 Å². The molecule has 0 unspecified atom stereocenters. The van der Waals surface area contributed by atoms with E-state index in [-0.39, 0.29) is 16.8 Å². The Kier molecular flexibility index (Phi) is 4.62. The molecule has 0 aliphatic heterocycles. The Morgan fingerprint density at radius 1 is 1.40 bits per heavy atom. The van der Waals surface area contributed by atoms with E-state index in [2.05, 4.69) is 26.0 Å². The van der Waals surface area contributed by atoms with Gasteiger partial charge in [-0.1, -0.05) is 6.07 Å². The monoisotopic (exact) mass is 414 g/mol. The van der Waals surface area contributed by atoms with Gasteiger partial charge in [0.2, 0.25) is 0 Å². The molecule has 130 valence electrons. The van der Waals surface area contributed by atoms with E-state index in [4.69, 9.17) is 5.11 Å². The highest BCUT2D eigenvalue weighted by atomic mass is 79.9. The Hall–Kier alpha value is -2.62. The maximum atomic E-state index is 14.8. The van der Waals surface area contributed by atoms with Crippen LogP contribution in [0.4, 0.5) is 18.0 Å². The van der Waals surface area contributed by atoms with Crippen molar-refractivity contribution in [3.05, 3.63) is 52.1 Å². The summed E-state index contributed by atoms with van der Waals surface area (Å²) in [7, 11) is 0. The van der Waals surface area contributed by atoms with Gasteiger partial charge in [0.25, 0.3) is 6.43 Å². The van der Waals surface area contributed by atoms with Crippen LogP contribution in [0.25, 0.3) is 16.8 Å². The van der Waals surface area contributed by atoms with Gasteiger partial charge in [0, 0.05) is 22.8 Å². The highest BCUT2D eigenvalue weighted by Gasteiger charge is 2.24. The van der Waals surface area contributed by atoms with Crippen molar-refractivity contribution in [2.45, 2.75) is 13.0 Å². The van der Waals surface area contributed by atoms with Gasteiger partial charge in [0.05, 0.1) is 11.1 Å². The smallest absolute Gasteiger partial charge is 0.404 e. The summed E-state index contributed by atoms with van der Waals surface area (Å²) >= 11 is 3.27. The van der Waals surface area contributed by atoms with Crippen molar-refractivity contribution in [1.29, 1.82) is 0 Å². The summed E-state index contributed by atoms with van der Waals surface area (Å²) in [6.45, 7) is -0.429. The molecule has 1 amide bonds. The average Bonchev–Trinajstić information content (AvgIpc) is 2.92. The fraction of sp³-hybridized carbons (Fsp3) is 0.133. The number of benzene rings is 1. The number of alkyl halides is 2. The molecule has 0 bridgehead atoms. The van der Waals surface area contributed by atoms with E-state index in [0.29, 0.717) is 9.99 Å². The molecular formula is C15H10BrF3N4O2. The van der Waals surface area contributed by atoms with Gasteiger partial charge in [-0.2, -0.15) is 5.10 Å². The zero-order valence-corrected chi connectivity index (χ0v) is 14.0. The van der Waals surface area contributed by atoms with Crippen LogP contribution in [0.5, 0.6) is 0 Å². The predicted molar refractivity (Wildman–Crippen MR) is 85.9 cm³/mol. The number of nitrogens with zero attached hydrogens (tertiary/aromatic N) is 3. The maximum Gasteiger partial charge on any atom is 0.404 e. The molecule has 3 aromatic rings. The van der Waals surface area contributed by atoms with Crippen LogP contribution in [0.1, 0.15) is 17.6 Å². The Balaban J connectivity index is 2.16. The van der Waals surface area contributed by atoms with E-state index in [0.717, 1.165) is 0 Å². The van der Waals surface area contributed by atoms with Gasteiger partial charge in [-0.15, -0.1) is 0 Å². The minimum absolute atomic E-state index is 0.118. The van der Waals surface area contributed by atoms with E-state index in [1.807, 2.05) is 5.32 Å². The first-order valence-electron chi connectivity index (χ1n) is 6.94. The molecule has 0 aliphatic rings. The van der Waals surface area contributed by atoms with Crippen LogP contribution in [0.15, 0.2) is 35.2 Å². The van der Waals surface area contributed by atoms with Gasteiger partial charge in [0.1, 0.15) is 17.8 Å². The molecule has 25 heavy (non-hydrogen) atoms. The zero-order chi connectivity index (χ0) is 18.1. The lowest BCUT2D eigenvalue weighted by Crippen LogP contribution is -2.21. The molecule has 2 N–H and O–H groups in total. The molecule has 2 aromatic heterocycles. The molecule has 0 aliphatic carbocycles. The molecule has 1 aromatic carbocycles. The molecule has 2 heterocycles. The minimum atomic E-state index is -3.11. The normalized spacial score (nSPS) is 11.2. The SMILES string of the molecule is O=C(O)NCc1ccc(-c2ncnn3cc(Br)cc23)c(F)c1C(F)F. The molecule has 0 atom stereocenters. The number of carbonyl (C=O) groups is 1. The highest BCUT2D eigenvalue weighted by molar-refractivity contribution is 9.10. The van der Waals surface area contributed by atoms with Crippen LogP contribution in [0.2, 0.25) is 0 Å². The van der Waals surface area contributed by atoms with Gasteiger partial charge in [-0.25, -0.2) is 27.5 Å². The van der Waals surface area contributed by atoms with E-state index < -0.39 is 30.4 Å². The van der Waals surface area contributed by atoms with Gasteiger partial charge < -0.3 is 10.4 Å². The van der Waals surface area contributed by atoms with Crippen molar-refractivity contribution in [3.63, 3.8) is 0 Å². The average molecular weight is 415 g/mol. The number of nitrogens with one attached hydrogen (secondary N) is 1. The maximum absolute atomic E-state index is 14.8. The van der Waals surface area contributed by atoms with Crippen molar-refractivity contribution in [2.24, 2.45) is 0 Å². The number of aromatic nitrogens is 3. The first kappa shape index (κ1) is 17.2. The van der Waals surface area contributed by atoms with Crippen LogP contribution >= 0.6 is 15.9 Å². The number of halogens is 4.